The van der Waals surface area contributed by atoms with E-state index in [9.17, 15) is 18.4 Å². The maximum atomic E-state index is 13.3. The zero-order chi connectivity index (χ0) is 18.8. The number of hydrogen-bond donors (Lipinski definition) is 2. The fourth-order valence-electron chi connectivity index (χ4n) is 4.32. The Morgan fingerprint density at radius 2 is 1.81 bits per heavy atom. The number of benzene rings is 1. The summed E-state index contributed by atoms with van der Waals surface area (Å²) in [6.07, 6.45) is -0.395. The van der Waals surface area contributed by atoms with E-state index < -0.39 is 5.92 Å². The summed E-state index contributed by atoms with van der Waals surface area (Å²) in [6, 6.07) is 3.08. The van der Waals surface area contributed by atoms with Gasteiger partial charge in [0.05, 0.1) is 5.56 Å². The lowest BCUT2D eigenvalue weighted by atomic mass is 9.94. The topological polar surface area (TPSA) is 67.4 Å². The molecule has 0 radical (unpaired) electrons. The first-order chi connectivity index (χ1) is 12.2. The molecule has 1 aromatic rings. The van der Waals surface area contributed by atoms with Crippen LogP contribution in [0.2, 0.25) is 0 Å². The van der Waals surface area contributed by atoms with Crippen molar-refractivity contribution in [2.45, 2.75) is 50.7 Å². The third-order valence-corrected chi connectivity index (χ3v) is 6.05. The Morgan fingerprint density at radius 3 is 2.42 bits per heavy atom. The number of carbonyl (C=O) groups is 2. The minimum Gasteiger partial charge on any atom is -0.489 e. The first-order valence-corrected chi connectivity index (χ1v) is 8.97. The number of alkyl halides is 2. The van der Waals surface area contributed by atoms with Crippen LogP contribution in [-0.4, -0.2) is 36.9 Å². The summed E-state index contributed by atoms with van der Waals surface area (Å²) in [6.45, 7) is 3.91. The van der Waals surface area contributed by atoms with Gasteiger partial charge >= 0.3 is 0 Å². The molecule has 2 N–H and O–H groups in total. The molecule has 140 valence electrons. The predicted molar refractivity (Wildman–Crippen MR) is 90.8 cm³/mol. The second kappa shape index (κ2) is 5.66. The number of fused-ring (bicyclic) bond motifs is 2. The van der Waals surface area contributed by atoms with Crippen LogP contribution in [0.15, 0.2) is 12.1 Å². The van der Waals surface area contributed by atoms with Gasteiger partial charge in [0.15, 0.2) is 0 Å². The molecule has 7 heteroatoms. The maximum Gasteiger partial charge on any atom is 0.254 e. The van der Waals surface area contributed by atoms with Crippen molar-refractivity contribution in [1.29, 1.82) is 0 Å². The van der Waals surface area contributed by atoms with E-state index in [1.165, 1.54) is 13.1 Å². The Balaban J connectivity index is 1.57. The normalized spacial score (nSPS) is 33.0. The van der Waals surface area contributed by atoms with Gasteiger partial charge in [-0.15, -0.1) is 0 Å². The molecule has 0 saturated heterocycles. The highest BCUT2D eigenvalue weighted by Crippen LogP contribution is 2.58. The first-order valence-electron chi connectivity index (χ1n) is 8.97. The van der Waals surface area contributed by atoms with E-state index in [0.717, 1.165) is 5.56 Å². The molecular formula is C19H22F2N2O3. The largest absolute Gasteiger partial charge is 0.489 e. The maximum absolute atomic E-state index is 13.3. The molecule has 0 bridgehead atoms. The van der Waals surface area contributed by atoms with Crippen molar-refractivity contribution in [1.82, 2.24) is 10.6 Å². The average Bonchev–Trinajstić information content (AvgIpc) is 2.93. The van der Waals surface area contributed by atoms with Crippen LogP contribution in [0.4, 0.5) is 8.78 Å². The van der Waals surface area contributed by atoms with Gasteiger partial charge in [-0.3, -0.25) is 9.59 Å². The third kappa shape index (κ3) is 2.64. The molecule has 5 atom stereocenters. The monoisotopic (exact) mass is 364 g/mol. The van der Waals surface area contributed by atoms with Gasteiger partial charge in [-0.1, -0.05) is 6.92 Å². The van der Waals surface area contributed by atoms with E-state index in [4.69, 9.17) is 4.74 Å². The van der Waals surface area contributed by atoms with Gasteiger partial charge in [0.1, 0.15) is 11.9 Å². The van der Waals surface area contributed by atoms with Crippen LogP contribution < -0.4 is 15.4 Å². The van der Waals surface area contributed by atoms with Gasteiger partial charge in [-0.2, -0.15) is 0 Å². The third-order valence-electron chi connectivity index (χ3n) is 6.05. The zero-order valence-electron chi connectivity index (χ0n) is 14.9. The van der Waals surface area contributed by atoms with E-state index in [1.807, 2.05) is 13.8 Å². The van der Waals surface area contributed by atoms with Crippen molar-refractivity contribution in [3.63, 3.8) is 0 Å². The number of nitrogens with one attached hydrogen (secondary N) is 2. The van der Waals surface area contributed by atoms with Crippen LogP contribution in [0.5, 0.6) is 5.75 Å². The molecule has 1 aliphatic heterocycles. The van der Waals surface area contributed by atoms with Crippen molar-refractivity contribution in [2.24, 2.45) is 11.8 Å². The van der Waals surface area contributed by atoms with Crippen LogP contribution >= 0.6 is 0 Å². The van der Waals surface area contributed by atoms with E-state index in [0.29, 0.717) is 16.9 Å². The highest BCUT2D eigenvalue weighted by molar-refractivity contribution is 6.02. The van der Waals surface area contributed by atoms with E-state index in [-0.39, 0.29) is 54.6 Å². The van der Waals surface area contributed by atoms with Crippen LogP contribution in [-0.2, 0) is 0 Å². The summed E-state index contributed by atoms with van der Waals surface area (Å²) in [5, 5.41) is 5.43. The van der Waals surface area contributed by atoms with E-state index in [1.54, 1.807) is 6.07 Å². The minimum absolute atomic E-state index is 0.0557. The standard InChI is InChI=1S/C19H22F2N2O3/c1-8-9(2)26-16-11(8)4-10(5-12(16)18(25)22-3)17(24)23-15-13-6-19(20,21)7-14(13)15/h4-5,8-9,13-15H,6-7H2,1-3H3,(H,22,25)(H,23,24)/t8-,9-,13-,14+,15+/m1/s1. The molecule has 1 aromatic carbocycles. The Bertz CT molecular complexity index is 781. The number of amides is 2. The molecule has 0 aromatic heterocycles. The van der Waals surface area contributed by atoms with Gasteiger partial charge < -0.3 is 15.4 Å². The fraction of sp³-hybridized carbons (Fsp3) is 0.579. The Labute approximate surface area is 150 Å². The number of hydrogen-bond acceptors (Lipinski definition) is 3. The molecule has 2 aliphatic carbocycles. The molecule has 2 amide bonds. The Morgan fingerprint density at radius 1 is 1.15 bits per heavy atom. The van der Waals surface area contributed by atoms with Crippen molar-refractivity contribution in [3.05, 3.63) is 28.8 Å². The molecule has 3 aliphatic rings. The molecule has 1 heterocycles. The quantitative estimate of drug-likeness (QED) is 0.867. The molecule has 0 spiro atoms. The summed E-state index contributed by atoms with van der Waals surface area (Å²) in [7, 11) is 1.52. The lowest BCUT2D eigenvalue weighted by Gasteiger charge is -2.15. The van der Waals surface area contributed by atoms with Crippen molar-refractivity contribution in [3.8, 4) is 5.75 Å². The minimum atomic E-state index is -2.60. The molecule has 4 rings (SSSR count). The summed E-state index contributed by atoms with van der Waals surface area (Å²) < 4.78 is 32.4. The number of carbonyl (C=O) groups excluding carboxylic acids is 2. The molecule has 26 heavy (non-hydrogen) atoms. The molecule has 0 unspecified atom stereocenters. The van der Waals surface area contributed by atoms with Crippen LogP contribution in [0, 0.1) is 11.8 Å². The molecule has 5 nitrogen and oxygen atoms in total. The second-order valence-electron chi connectivity index (χ2n) is 7.72. The number of ether oxygens (including phenoxy) is 1. The van der Waals surface area contributed by atoms with Crippen LogP contribution in [0.25, 0.3) is 0 Å². The predicted octanol–water partition coefficient (Wildman–Crippen LogP) is 2.70. The van der Waals surface area contributed by atoms with Gasteiger partial charge in [0.2, 0.25) is 5.92 Å². The molecule has 2 fully saturated rings. The Hall–Kier alpha value is -2.18. The lowest BCUT2D eigenvalue weighted by Crippen LogP contribution is -2.31. The SMILES string of the molecule is CNC(=O)c1cc(C(=O)N[C@H]2[C@@H]3CC(F)(F)C[C@@H]32)cc2c1O[C@H](C)[C@H]2C. The Kier molecular flexibility index (Phi) is 3.75. The summed E-state index contributed by atoms with van der Waals surface area (Å²) >= 11 is 0. The summed E-state index contributed by atoms with van der Waals surface area (Å²) in [5.41, 5.74) is 1.52. The number of rotatable bonds is 3. The summed E-state index contributed by atoms with van der Waals surface area (Å²) in [5.74, 6) is -2.94. The highest BCUT2D eigenvalue weighted by atomic mass is 19.3. The second-order valence-corrected chi connectivity index (χ2v) is 7.72. The van der Waals surface area contributed by atoms with Crippen molar-refractivity contribution >= 4 is 11.8 Å². The lowest BCUT2D eigenvalue weighted by molar-refractivity contribution is -0.00623. The highest BCUT2D eigenvalue weighted by Gasteiger charge is 2.63. The molecule has 2 saturated carbocycles. The van der Waals surface area contributed by atoms with Crippen molar-refractivity contribution < 1.29 is 23.1 Å². The van der Waals surface area contributed by atoms with Crippen LogP contribution in [0.1, 0.15) is 58.9 Å². The van der Waals surface area contributed by atoms with Crippen molar-refractivity contribution in [2.75, 3.05) is 7.05 Å². The van der Waals surface area contributed by atoms with Gasteiger partial charge in [0, 0.05) is 43.0 Å². The smallest absolute Gasteiger partial charge is 0.254 e. The fourth-order valence-corrected chi connectivity index (χ4v) is 4.32. The average molecular weight is 364 g/mol. The zero-order valence-corrected chi connectivity index (χ0v) is 14.9. The summed E-state index contributed by atoms with van der Waals surface area (Å²) in [4.78, 5) is 24.9. The molecular weight excluding hydrogens is 342 g/mol. The van der Waals surface area contributed by atoms with Gasteiger partial charge in [-0.25, -0.2) is 8.78 Å². The van der Waals surface area contributed by atoms with Gasteiger partial charge in [-0.05, 0) is 30.9 Å². The number of halogens is 2. The van der Waals surface area contributed by atoms with E-state index in [2.05, 4.69) is 10.6 Å². The van der Waals surface area contributed by atoms with Gasteiger partial charge in [0.25, 0.3) is 11.8 Å². The first kappa shape index (κ1) is 17.2. The van der Waals surface area contributed by atoms with Crippen LogP contribution in [0.3, 0.4) is 0 Å². The van der Waals surface area contributed by atoms with E-state index >= 15 is 0 Å².